The van der Waals surface area contributed by atoms with Crippen LogP contribution < -0.4 is 0 Å². The van der Waals surface area contributed by atoms with E-state index in [1.54, 1.807) is 4.90 Å². The van der Waals surface area contributed by atoms with Crippen molar-refractivity contribution in [3.63, 3.8) is 0 Å². The van der Waals surface area contributed by atoms with Gasteiger partial charge in [-0.3, -0.25) is 0 Å². The number of rotatable bonds is 1. The zero-order valence-electron chi connectivity index (χ0n) is 17.0. The lowest BCUT2D eigenvalue weighted by molar-refractivity contribution is 0.00578. The van der Waals surface area contributed by atoms with Crippen LogP contribution in [0, 0.1) is 0 Å². The summed E-state index contributed by atoms with van der Waals surface area (Å²) in [6, 6.07) is 8.19. The molecule has 142 valence electrons. The molecule has 1 fully saturated rings. The van der Waals surface area contributed by atoms with Crippen molar-refractivity contribution in [3.8, 4) is 0 Å². The minimum atomic E-state index is -0.547. The van der Waals surface area contributed by atoms with Gasteiger partial charge in [-0.1, -0.05) is 24.3 Å². The van der Waals surface area contributed by atoms with Gasteiger partial charge in [0.05, 0.1) is 17.1 Å². The normalized spacial score (nSPS) is 24.3. The Hall–Kier alpha value is -1.53. The van der Waals surface area contributed by atoms with Crippen LogP contribution in [0.25, 0.3) is 0 Å². The number of hydrogen-bond donors (Lipinski definition) is 0. The molecule has 0 unspecified atom stereocenters. The van der Waals surface area contributed by atoms with Crippen molar-refractivity contribution >= 4 is 13.2 Å². The number of carbonyl (C=O) groups is 1. The molecule has 1 saturated heterocycles. The molecule has 1 atom stereocenters. The van der Waals surface area contributed by atoms with E-state index in [2.05, 4.69) is 12.1 Å². The van der Waals surface area contributed by atoms with Gasteiger partial charge in [-0.25, -0.2) is 4.79 Å². The monoisotopic (exact) mass is 359 g/mol. The second-order valence-electron chi connectivity index (χ2n) is 9.19. The molecule has 6 heteroatoms. The maximum absolute atomic E-state index is 12.9. The van der Waals surface area contributed by atoms with E-state index >= 15 is 0 Å². The minimum Gasteiger partial charge on any atom is -0.444 e. The SMILES string of the molecule is CC(C)(C)OC(=O)N1CCc2ccccc2[C@H]1B1OC(C)(C)C(C)(C)O1. The lowest BCUT2D eigenvalue weighted by atomic mass is 9.70. The quantitative estimate of drug-likeness (QED) is 0.707. The summed E-state index contributed by atoms with van der Waals surface area (Å²) in [5, 5.41) is 0. The fourth-order valence-electron chi connectivity index (χ4n) is 3.43. The van der Waals surface area contributed by atoms with Crippen molar-refractivity contribution in [3.05, 3.63) is 35.4 Å². The van der Waals surface area contributed by atoms with E-state index in [0.717, 1.165) is 12.0 Å². The van der Waals surface area contributed by atoms with E-state index in [4.69, 9.17) is 14.0 Å². The van der Waals surface area contributed by atoms with E-state index < -0.39 is 23.9 Å². The van der Waals surface area contributed by atoms with Gasteiger partial charge in [-0.15, -0.1) is 0 Å². The highest BCUT2D eigenvalue weighted by molar-refractivity contribution is 6.47. The molecular weight excluding hydrogens is 329 g/mol. The number of carbonyl (C=O) groups excluding carboxylic acids is 1. The number of ether oxygens (including phenoxy) is 1. The molecule has 5 nitrogen and oxygen atoms in total. The van der Waals surface area contributed by atoms with Crippen LogP contribution in [0.4, 0.5) is 4.79 Å². The Kier molecular flexibility index (Phi) is 4.64. The Balaban J connectivity index is 1.97. The van der Waals surface area contributed by atoms with Gasteiger partial charge in [0.1, 0.15) is 5.60 Å². The highest BCUT2D eigenvalue weighted by atomic mass is 16.7. The fraction of sp³-hybridized carbons (Fsp3) is 0.650. The Bertz CT molecular complexity index is 679. The summed E-state index contributed by atoms with van der Waals surface area (Å²) in [4.78, 5) is 14.7. The summed E-state index contributed by atoms with van der Waals surface area (Å²) < 4.78 is 18.3. The summed E-state index contributed by atoms with van der Waals surface area (Å²) in [6.07, 6.45) is 0.470. The predicted octanol–water partition coefficient (Wildman–Crippen LogP) is 4.15. The molecule has 0 bridgehead atoms. The number of benzene rings is 1. The average molecular weight is 359 g/mol. The minimum absolute atomic E-state index is 0.323. The first kappa shape index (κ1) is 19.2. The van der Waals surface area contributed by atoms with Gasteiger partial charge in [0, 0.05) is 6.54 Å². The summed E-state index contributed by atoms with van der Waals surface area (Å²) in [5.41, 5.74) is 0.845. The van der Waals surface area contributed by atoms with Crippen LogP contribution in [-0.2, 0) is 20.5 Å². The molecule has 0 radical (unpaired) electrons. The first-order valence-electron chi connectivity index (χ1n) is 9.34. The largest absolute Gasteiger partial charge is 0.487 e. The number of nitrogens with zero attached hydrogens (tertiary/aromatic N) is 1. The Morgan fingerprint density at radius 1 is 1.15 bits per heavy atom. The second-order valence-corrected chi connectivity index (χ2v) is 9.19. The zero-order valence-corrected chi connectivity index (χ0v) is 17.0. The molecule has 1 amide bonds. The molecule has 0 saturated carbocycles. The Labute approximate surface area is 157 Å². The molecular formula is C20H30BNO4. The van der Waals surface area contributed by atoms with Crippen molar-refractivity contribution in [2.45, 2.75) is 77.6 Å². The lowest BCUT2D eigenvalue weighted by Gasteiger charge is -2.38. The summed E-state index contributed by atoms with van der Waals surface area (Å²) >= 11 is 0. The number of hydrogen-bond acceptors (Lipinski definition) is 4. The molecule has 0 aromatic heterocycles. The van der Waals surface area contributed by atoms with Crippen molar-refractivity contribution in [1.82, 2.24) is 4.90 Å². The molecule has 1 aromatic carbocycles. The third kappa shape index (κ3) is 3.49. The van der Waals surface area contributed by atoms with E-state index in [-0.39, 0.29) is 12.0 Å². The lowest BCUT2D eigenvalue weighted by Crippen LogP contribution is -2.49. The topological polar surface area (TPSA) is 48.0 Å². The van der Waals surface area contributed by atoms with Crippen LogP contribution in [0.15, 0.2) is 24.3 Å². The van der Waals surface area contributed by atoms with E-state index in [1.807, 2.05) is 60.6 Å². The third-order valence-electron chi connectivity index (χ3n) is 5.49. The van der Waals surface area contributed by atoms with Crippen LogP contribution in [0.5, 0.6) is 0 Å². The number of fused-ring (bicyclic) bond motifs is 1. The van der Waals surface area contributed by atoms with Gasteiger partial charge < -0.3 is 18.9 Å². The van der Waals surface area contributed by atoms with Crippen molar-refractivity contribution in [1.29, 1.82) is 0 Å². The molecule has 3 rings (SSSR count). The summed E-state index contributed by atoms with van der Waals surface area (Å²) in [7, 11) is -0.533. The van der Waals surface area contributed by atoms with Gasteiger partial charge in [0.25, 0.3) is 0 Å². The van der Waals surface area contributed by atoms with Crippen molar-refractivity contribution in [2.24, 2.45) is 0 Å². The number of amides is 1. The Morgan fingerprint density at radius 2 is 1.73 bits per heavy atom. The van der Waals surface area contributed by atoms with Crippen molar-refractivity contribution in [2.75, 3.05) is 6.54 Å². The molecule has 2 aliphatic heterocycles. The van der Waals surface area contributed by atoms with Crippen LogP contribution in [0.3, 0.4) is 0 Å². The molecule has 0 aliphatic carbocycles. The van der Waals surface area contributed by atoms with Gasteiger partial charge >= 0.3 is 13.2 Å². The van der Waals surface area contributed by atoms with Gasteiger partial charge in [-0.05, 0) is 66.0 Å². The average Bonchev–Trinajstić information content (AvgIpc) is 2.72. The van der Waals surface area contributed by atoms with Gasteiger partial charge in [0.15, 0.2) is 0 Å². The molecule has 26 heavy (non-hydrogen) atoms. The summed E-state index contributed by atoms with van der Waals surface area (Å²) in [6.45, 7) is 14.3. The van der Waals surface area contributed by atoms with Crippen LogP contribution in [-0.4, -0.2) is 41.5 Å². The molecule has 2 aliphatic rings. The first-order valence-corrected chi connectivity index (χ1v) is 9.34. The molecule has 1 aromatic rings. The smallest absolute Gasteiger partial charge is 0.444 e. The maximum atomic E-state index is 12.9. The standard InChI is InChI=1S/C20H30BNO4/c1-18(2,3)24-17(23)22-13-12-14-10-8-9-11-15(14)16(22)21-25-19(4,5)20(6,7)26-21/h8-11,16H,12-13H2,1-7H3/t16-/m0/s1. The van der Waals surface area contributed by atoms with E-state index in [1.165, 1.54) is 5.56 Å². The van der Waals surface area contributed by atoms with Gasteiger partial charge in [0.2, 0.25) is 0 Å². The molecule has 2 heterocycles. The van der Waals surface area contributed by atoms with Crippen LogP contribution in [0.2, 0.25) is 0 Å². The fourth-order valence-corrected chi connectivity index (χ4v) is 3.43. The predicted molar refractivity (Wildman–Crippen MR) is 102 cm³/mol. The molecule has 0 N–H and O–H groups in total. The second kappa shape index (κ2) is 6.27. The van der Waals surface area contributed by atoms with Crippen molar-refractivity contribution < 1.29 is 18.8 Å². The van der Waals surface area contributed by atoms with Crippen LogP contribution in [0.1, 0.15) is 65.5 Å². The third-order valence-corrected chi connectivity index (χ3v) is 5.49. The highest BCUT2D eigenvalue weighted by Gasteiger charge is 2.57. The summed E-state index contributed by atoms with van der Waals surface area (Å²) in [5.74, 6) is -0.323. The van der Waals surface area contributed by atoms with Gasteiger partial charge in [-0.2, -0.15) is 0 Å². The van der Waals surface area contributed by atoms with E-state index in [0.29, 0.717) is 6.54 Å². The maximum Gasteiger partial charge on any atom is 0.487 e. The van der Waals surface area contributed by atoms with Crippen LogP contribution >= 0.6 is 0 Å². The molecule has 0 spiro atoms. The van der Waals surface area contributed by atoms with E-state index in [9.17, 15) is 4.79 Å². The zero-order chi connectivity index (χ0) is 19.3. The first-order chi connectivity index (χ1) is 11.9. The Morgan fingerprint density at radius 3 is 2.31 bits per heavy atom. The highest BCUT2D eigenvalue weighted by Crippen LogP contribution is 2.43.